The molecule has 0 aromatic rings. The van der Waals surface area contributed by atoms with E-state index in [1.54, 1.807) is 0 Å². The first-order valence-electron chi connectivity index (χ1n) is 6.68. The van der Waals surface area contributed by atoms with Crippen molar-refractivity contribution < 1.29 is 9.53 Å². The van der Waals surface area contributed by atoms with Gasteiger partial charge in [0.2, 0.25) is 0 Å². The molecule has 1 aliphatic carbocycles. The minimum absolute atomic E-state index is 0.0558. The minimum atomic E-state index is 0.0558. The third-order valence-electron chi connectivity index (χ3n) is 3.97. The van der Waals surface area contributed by atoms with Crippen molar-refractivity contribution >= 4 is 5.97 Å². The molecule has 0 radical (unpaired) electrons. The number of rotatable bonds is 2. The van der Waals surface area contributed by atoms with E-state index in [-0.39, 0.29) is 18.0 Å². The summed E-state index contributed by atoms with van der Waals surface area (Å²) in [5.74, 6) is 0.759. The van der Waals surface area contributed by atoms with Crippen LogP contribution >= 0.6 is 0 Å². The Morgan fingerprint density at radius 2 is 1.81 bits per heavy atom. The fourth-order valence-electron chi connectivity index (χ4n) is 2.76. The number of ether oxygens (including phenoxy) is 1. The van der Waals surface area contributed by atoms with Crippen molar-refractivity contribution in [3.05, 3.63) is 0 Å². The van der Waals surface area contributed by atoms with Gasteiger partial charge < -0.3 is 10.1 Å². The molecule has 0 bridgehead atoms. The van der Waals surface area contributed by atoms with Crippen LogP contribution < -0.4 is 5.32 Å². The van der Waals surface area contributed by atoms with Crippen LogP contribution in [0.25, 0.3) is 0 Å². The summed E-state index contributed by atoms with van der Waals surface area (Å²) in [6.07, 6.45) is 6.87. The number of carbonyl (C=O) groups is 1. The van der Waals surface area contributed by atoms with Crippen LogP contribution in [-0.4, -0.2) is 25.2 Å². The van der Waals surface area contributed by atoms with E-state index in [2.05, 4.69) is 12.2 Å². The summed E-state index contributed by atoms with van der Waals surface area (Å²) in [7, 11) is 0. The zero-order chi connectivity index (χ0) is 11.4. The molecule has 16 heavy (non-hydrogen) atoms. The lowest BCUT2D eigenvalue weighted by molar-refractivity contribution is -0.159. The number of nitrogens with one attached hydrogen (secondary N) is 1. The fraction of sp³-hybridized carbons (Fsp3) is 0.923. The van der Waals surface area contributed by atoms with Crippen LogP contribution in [0.3, 0.4) is 0 Å². The number of hydrogen-bond acceptors (Lipinski definition) is 3. The number of esters is 1. The molecule has 1 saturated carbocycles. The monoisotopic (exact) mass is 225 g/mol. The number of piperidine rings is 1. The van der Waals surface area contributed by atoms with Gasteiger partial charge in [0, 0.05) is 0 Å². The van der Waals surface area contributed by atoms with E-state index >= 15 is 0 Å². The van der Waals surface area contributed by atoms with Gasteiger partial charge in [-0.25, -0.2) is 0 Å². The highest BCUT2D eigenvalue weighted by atomic mass is 16.5. The van der Waals surface area contributed by atoms with Gasteiger partial charge in [-0.1, -0.05) is 13.3 Å². The second-order valence-electron chi connectivity index (χ2n) is 5.26. The molecule has 0 amide bonds. The molecule has 2 rings (SSSR count). The lowest BCUT2D eigenvalue weighted by Gasteiger charge is -2.30. The average Bonchev–Trinajstić information content (AvgIpc) is 2.33. The molecule has 1 aliphatic heterocycles. The lowest BCUT2D eigenvalue weighted by Crippen LogP contribution is -2.36. The van der Waals surface area contributed by atoms with Crippen LogP contribution in [0.15, 0.2) is 0 Å². The highest BCUT2D eigenvalue weighted by Gasteiger charge is 2.29. The second kappa shape index (κ2) is 5.67. The second-order valence-corrected chi connectivity index (χ2v) is 5.26. The molecule has 2 fully saturated rings. The molecule has 1 N–H and O–H groups in total. The predicted octanol–water partition coefficient (Wildman–Crippen LogP) is 2.11. The zero-order valence-corrected chi connectivity index (χ0v) is 10.2. The normalized spacial score (nSPS) is 32.3. The van der Waals surface area contributed by atoms with Crippen LogP contribution in [0.5, 0.6) is 0 Å². The Hall–Kier alpha value is -0.570. The Balaban J connectivity index is 1.80. The fourth-order valence-corrected chi connectivity index (χ4v) is 2.76. The molecule has 3 heteroatoms. The van der Waals surface area contributed by atoms with Crippen LogP contribution in [0.2, 0.25) is 0 Å². The molecule has 2 atom stereocenters. The van der Waals surface area contributed by atoms with Gasteiger partial charge in [-0.3, -0.25) is 4.79 Å². The van der Waals surface area contributed by atoms with Crippen LogP contribution in [-0.2, 0) is 9.53 Å². The summed E-state index contributed by atoms with van der Waals surface area (Å²) in [5, 5.41) is 3.27. The van der Waals surface area contributed by atoms with Crippen molar-refractivity contribution in [1.82, 2.24) is 5.32 Å². The first-order valence-corrected chi connectivity index (χ1v) is 6.68. The lowest BCUT2D eigenvalue weighted by atomic mass is 9.87. The molecule has 0 aromatic carbocycles. The van der Waals surface area contributed by atoms with Gasteiger partial charge in [0.25, 0.3) is 0 Å². The molecule has 2 aliphatic rings. The van der Waals surface area contributed by atoms with Crippen molar-refractivity contribution in [2.45, 2.75) is 51.6 Å². The third-order valence-corrected chi connectivity index (χ3v) is 3.97. The van der Waals surface area contributed by atoms with Crippen molar-refractivity contribution in [3.8, 4) is 0 Å². The molecule has 1 heterocycles. The minimum Gasteiger partial charge on any atom is -0.462 e. The largest absolute Gasteiger partial charge is 0.462 e. The van der Waals surface area contributed by atoms with E-state index in [1.165, 1.54) is 19.3 Å². The maximum absolute atomic E-state index is 12.0. The summed E-state index contributed by atoms with van der Waals surface area (Å²) in [6, 6.07) is 0. The smallest absolute Gasteiger partial charge is 0.309 e. The van der Waals surface area contributed by atoms with E-state index in [0.717, 1.165) is 32.4 Å². The molecule has 0 aromatic heterocycles. The molecule has 3 nitrogen and oxygen atoms in total. The van der Waals surface area contributed by atoms with Gasteiger partial charge in [0.1, 0.15) is 6.10 Å². The Morgan fingerprint density at radius 1 is 1.12 bits per heavy atom. The molecule has 92 valence electrons. The van der Waals surface area contributed by atoms with Crippen molar-refractivity contribution in [2.75, 3.05) is 13.1 Å². The van der Waals surface area contributed by atoms with Crippen molar-refractivity contribution in [1.29, 1.82) is 0 Å². The van der Waals surface area contributed by atoms with E-state index < -0.39 is 0 Å². The van der Waals surface area contributed by atoms with Gasteiger partial charge >= 0.3 is 5.97 Å². The number of hydrogen-bond donors (Lipinski definition) is 1. The van der Waals surface area contributed by atoms with E-state index in [4.69, 9.17) is 4.74 Å². The first-order chi connectivity index (χ1) is 7.77. The topological polar surface area (TPSA) is 38.3 Å². The van der Waals surface area contributed by atoms with Crippen LogP contribution in [0.4, 0.5) is 0 Å². The molecule has 1 saturated heterocycles. The Bertz CT molecular complexity index is 236. The van der Waals surface area contributed by atoms with Crippen molar-refractivity contribution in [3.63, 3.8) is 0 Å². The van der Waals surface area contributed by atoms with E-state index in [1.807, 2.05) is 0 Å². The summed E-state index contributed by atoms with van der Waals surface area (Å²) >= 11 is 0. The van der Waals surface area contributed by atoms with Gasteiger partial charge in [0.05, 0.1) is 5.92 Å². The summed E-state index contributed by atoms with van der Waals surface area (Å²) in [6.45, 7) is 4.12. The van der Waals surface area contributed by atoms with E-state index in [0.29, 0.717) is 5.92 Å². The average molecular weight is 225 g/mol. The molecular formula is C13H23NO2. The maximum Gasteiger partial charge on any atom is 0.309 e. The Kier molecular flexibility index (Phi) is 4.22. The molecule has 2 unspecified atom stereocenters. The third kappa shape index (κ3) is 2.97. The van der Waals surface area contributed by atoms with Gasteiger partial charge in [-0.2, -0.15) is 0 Å². The van der Waals surface area contributed by atoms with Gasteiger partial charge in [-0.05, 0) is 51.1 Å². The highest BCUT2D eigenvalue weighted by molar-refractivity contribution is 5.72. The van der Waals surface area contributed by atoms with E-state index in [9.17, 15) is 4.79 Å². The highest BCUT2D eigenvalue weighted by Crippen LogP contribution is 2.27. The van der Waals surface area contributed by atoms with Crippen molar-refractivity contribution in [2.24, 2.45) is 11.8 Å². The zero-order valence-electron chi connectivity index (χ0n) is 10.2. The SMILES string of the molecule is CC1CCCCC1OC(=O)C1CCNCC1. The number of carbonyl (C=O) groups excluding carboxylic acids is 1. The molecular weight excluding hydrogens is 202 g/mol. The van der Waals surface area contributed by atoms with Gasteiger partial charge in [-0.15, -0.1) is 0 Å². The van der Waals surface area contributed by atoms with Gasteiger partial charge in [0.15, 0.2) is 0 Å². The summed E-state index contributed by atoms with van der Waals surface area (Å²) < 4.78 is 5.68. The van der Waals surface area contributed by atoms with Crippen LogP contribution in [0.1, 0.15) is 45.4 Å². The maximum atomic E-state index is 12.0. The Labute approximate surface area is 97.9 Å². The quantitative estimate of drug-likeness (QED) is 0.731. The summed E-state index contributed by atoms with van der Waals surface area (Å²) in [5.41, 5.74) is 0. The molecule has 0 spiro atoms. The standard InChI is InChI=1S/C13H23NO2/c1-10-4-2-3-5-12(10)16-13(15)11-6-8-14-9-7-11/h10-12,14H,2-9H2,1H3. The Morgan fingerprint density at radius 3 is 2.50 bits per heavy atom. The predicted molar refractivity (Wildman–Crippen MR) is 63.1 cm³/mol. The first kappa shape index (κ1) is 11.9. The van der Waals surface area contributed by atoms with Crippen LogP contribution in [0, 0.1) is 11.8 Å². The summed E-state index contributed by atoms with van der Waals surface area (Å²) in [4.78, 5) is 12.0.